The van der Waals surface area contributed by atoms with Gasteiger partial charge in [0.2, 0.25) is 10.0 Å². The van der Waals surface area contributed by atoms with Gasteiger partial charge in [-0.05, 0) is 34.5 Å². The number of sulfonamides is 1. The maximum atomic E-state index is 12.0. The Morgan fingerprint density at radius 1 is 1.38 bits per heavy atom. The number of ether oxygens (including phenoxy) is 1. The Balaban J connectivity index is 3.04. The van der Waals surface area contributed by atoms with Crippen LogP contribution in [0.2, 0.25) is 0 Å². The highest BCUT2D eigenvalue weighted by molar-refractivity contribution is 9.10. The van der Waals surface area contributed by atoms with Gasteiger partial charge in [0.05, 0.1) is 11.6 Å². The standard InChI is InChI=1S/C13H19BrN2O4S/c1-3-4-5-6-16-13(17)9-7-10(14)12(20-2)11(8-9)21(15,18)19/h7-8H,3-6H2,1-2H3,(H,16,17)(H2,15,18,19). The van der Waals surface area contributed by atoms with E-state index in [1.54, 1.807) is 0 Å². The van der Waals surface area contributed by atoms with Crippen LogP contribution >= 0.6 is 15.9 Å². The lowest BCUT2D eigenvalue weighted by atomic mass is 10.2. The lowest BCUT2D eigenvalue weighted by Crippen LogP contribution is -2.25. The van der Waals surface area contributed by atoms with Gasteiger partial charge in [-0.1, -0.05) is 19.8 Å². The molecule has 0 aliphatic carbocycles. The van der Waals surface area contributed by atoms with E-state index in [2.05, 4.69) is 28.2 Å². The lowest BCUT2D eigenvalue weighted by Gasteiger charge is -2.12. The van der Waals surface area contributed by atoms with Gasteiger partial charge in [0.15, 0.2) is 5.75 Å². The molecule has 0 bridgehead atoms. The van der Waals surface area contributed by atoms with Gasteiger partial charge >= 0.3 is 0 Å². The number of hydrogen-bond acceptors (Lipinski definition) is 4. The average Bonchev–Trinajstić information content (AvgIpc) is 2.41. The number of hydrogen-bond donors (Lipinski definition) is 2. The molecule has 0 heterocycles. The van der Waals surface area contributed by atoms with Crippen LogP contribution in [-0.2, 0) is 10.0 Å². The van der Waals surface area contributed by atoms with Crippen LogP contribution in [0.1, 0.15) is 36.5 Å². The van der Waals surface area contributed by atoms with Crippen molar-refractivity contribution in [1.29, 1.82) is 0 Å². The van der Waals surface area contributed by atoms with Crippen LogP contribution in [0.3, 0.4) is 0 Å². The largest absolute Gasteiger partial charge is 0.494 e. The number of nitrogens with two attached hydrogens (primary N) is 1. The quantitative estimate of drug-likeness (QED) is 0.708. The number of carbonyl (C=O) groups is 1. The molecule has 1 amide bonds. The van der Waals surface area contributed by atoms with Gasteiger partial charge in [0.1, 0.15) is 4.90 Å². The normalized spacial score (nSPS) is 11.2. The maximum Gasteiger partial charge on any atom is 0.251 e. The Hall–Kier alpha value is -1.12. The highest BCUT2D eigenvalue weighted by Crippen LogP contribution is 2.33. The minimum atomic E-state index is -3.99. The molecule has 8 heteroatoms. The third kappa shape index (κ3) is 4.98. The van der Waals surface area contributed by atoms with Gasteiger partial charge < -0.3 is 10.1 Å². The molecule has 0 aromatic heterocycles. The van der Waals surface area contributed by atoms with E-state index in [1.807, 2.05) is 0 Å². The molecular weight excluding hydrogens is 360 g/mol. The Morgan fingerprint density at radius 3 is 2.57 bits per heavy atom. The van der Waals surface area contributed by atoms with Crippen molar-refractivity contribution in [1.82, 2.24) is 5.32 Å². The number of primary sulfonamides is 1. The summed E-state index contributed by atoms with van der Waals surface area (Å²) in [6.45, 7) is 2.61. The number of halogens is 1. The summed E-state index contributed by atoms with van der Waals surface area (Å²) in [5, 5.41) is 7.89. The van der Waals surface area contributed by atoms with Crippen LogP contribution in [0.15, 0.2) is 21.5 Å². The van der Waals surface area contributed by atoms with Gasteiger partial charge in [-0.3, -0.25) is 4.79 Å². The predicted octanol–water partition coefficient (Wildman–Crippen LogP) is 2.03. The third-order valence-corrected chi connectivity index (χ3v) is 4.35. The predicted molar refractivity (Wildman–Crippen MR) is 83.9 cm³/mol. The van der Waals surface area contributed by atoms with Crippen LogP contribution in [0, 0.1) is 0 Å². The molecule has 6 nitrogen and oxygen atoms in total. The summed E-state index contributed by atoms with van der Waals surface area (Å²) in [6.07, 6.45) is 2.95. The van der Waals surface area contributed by atoms with Crippen molar-refractivity contribution in [2.24, 2.45) is 5.14 Å². The van der Waals surface area contributed by atoms with Crippen molar-refractivity contribution in [3.05, 3.63) is 22.2 Å². The number of nitrogens with one attached hydrogen (secondary N) is 1. The first-order valence-corrected chi connectivity index (χ1v) is 8.83. The number of methoxy groups -OCH3 is 1. The molecule has 0 radical (unpaired) electrons. The second kappa shape index (κ2) is 7.77. The molecule has 1 aromatic carbocycles. The monoisotopic (exact) mass is 378 g/mol. The molecule has 0 unspecified atom stereocenters. The van der Waals surface area contributed by atoms with E-state index < -0.39 is 10.0 Å². The first-order chi connectivity index (χ1) is 9.81. The van der Waals surface area contributed by atoms with E-state index in [4.69, 9.17) is 9.88 Å². The second-order valence-electron chi connectivity index (χ2n) is 4.50. The van der Waals surface area contributed by atoms with Gasteiger partial charge in [-0.25, -0.2) is 13.6 Å². The van der Waals surface area contributed by atoms with Gasteiger partial charge in [0, 0.05) is 12.1 Å². The summed E-state index contributed by atoms with van der Waals surface area (Å²) in [5.74, 6) is -0.264. The van der Waals surface area contributed by atoms with Crippen molar-refractivity contribution < 1.29 is 17.9 Å². The number of benzene rings is 1. The van der Waals surface area contributed by atoms with E-state index in [0.29, 0.717) is 11.0 Å². The molecule has 118 valence electrons. The van der Waals surface area contributed by atoms with Crippen molar-refractivity contribution in [2.45, 2.75) is 31.1 Å². The van der Waals surface area contributed by atoms with E-state index in [9.17, 15) is 13.2 Å². The van der Waals surface area contributed by atoms with Crippen LogP contribution < -0.4 is 15.2 Å². The molecule has 0 saturated heterocycles. The Labute approximate surface area is 133 Å². The second-order valence-corrected chi connectivity index (χ2v) is 6.88. The van der Waals surface area contributed by atoms with Crippen molar-refractivity contribution in [3.8, 4) is 5.75 Å². The summed E-state index contributed by atoms with van der Waals surface area (Å²) in [7, 11) is -2.66. The Bertz CT molecular complexity index is 617. The minimum Gasteiger partial charge on any atom is -0.494 e. The zero-order valence-electron chi connectivity index (χ0n) is 12.0. The SMILES string of the molecule is CCCCCNC(=O)c1cc(Br)c(OC)c(S(N)(=O)=O)c1. The molecule has 0 atom stereocenters. The number of rotatable bonds is 7. The first-order valence-electron chi connectivity index (χ1n) is 6.49. The van der Waals surface area contributed by atoms with Gasteiger partial charge in [-0.2, -0.15) is 0 Å². The Kier molecular flexibility index (Phi) is 6.63. The van der Waals surface area contributed by atoms with E-state index in [-0.39, 0.29) is 22.1 Å². The summed E-state index contributed by atoms with van der Waals surface area (Å²) in [5.41, 5.74) is 0.211. The fraction of sp³-hybridized carbons (Fsp3) is 0.462. The molecule has 21 heavy (non-hydrogen) atoms. The molecular formula is C13H19BrN2O4S. The molecule has 1 aromatic rings. The zero-order valence-corrected chi connectivity index (χ0v) is 14.4. The van der Waals surface area contributed by atoms with Crippen LogP contribution in [0.5, 0.6) is 5.75 Å². The van der Waals surface area contributed by atoms with Crippen molar-refractivity contribution in [3.63, 3.8) is 0 Å². The summed E-state index contributed by atoms with van der Waals surface area (Å²) in [6, 6.07) is 2.72. The molecule has 0 fully saturated rings. The van der Waals surface area contributed by atoms with Crippen LogP contribution in [0.4, 0.5) is 0 Å². The van der Waals surface area contributed by atoms with E-state index in [1.165, 1.54) is 19.2 Å². The van der Waals surface area contributed by atoms with Gasteiger partial charge in [-0.15, -0.1) is 0 Å². The fourth-order valence-corrected chi connectivity index (χ4v) is 3.28. The number of amides is 1. The topological polar surface area (TPSA) is 98.5 Å². The molecule has 0 aliphatic rings. The van der Waals surface area contributed by atoms with E-state index >= 15 is 0 Å². The third-order valence-electron chi connectivity index (χ3n) is 2.85. The smallest absolute Gasteiger partial charge is 0.251 e. The minimum absolute atomic E-state index is 0.0834. The van der Waals surface area contributed by atoms with Crippen LogP contribution in [0.25, 0.3) is 0 Å². The average molecular weight is 379 g/mol. The Morgan fingerprint density at radius 2 is 2.05 bits per heavy atom. The maximum absolute atomic E-state index is 12.0. The fourth-order valence-electron chi connectivity index (χ4n) is 1.79. The summed E-state index contributed by atoms with van der Waals surface area (Å²) < 4.78 is 28.5. The van der Waals surface area contributed by atoms with Crippen LogP contribution in [-0.4, -0.2) is 28.0 Å². The highest BCUT2D eigenvalue weighted by Gasteiger charge is 2.21. The summed E-state index contributed by atoms with van der Waals surface area (Å²) in [4.78, 5) is 11.8. The van der Waals surface area contributed by atoms with Crippen molar-refractivity contribution >= 4 is 31.9 Å². The van der Waals surface area contributed by atoms with Crippen molar-refractivity contribution in [2.75, 3.05) is 13.7 Å². The highest BCUT2D eigenvalue weighted by atomic mass is 79.9. The first kappa shape index (κ1) is 17.9. The van der Waals surface area contributed by atoms with E-state index in [0.717, 1.165) is 19.3 Å². The molecule has 0 spiro atoms. The summed E-state index contributed by atoms with van der Waals surface area (Å²) >= 11 is 3.19. The molecule has 0 aliphatic heterocycles. The van der Waals surface area contributed by atoms with Gasteiger partial charge in [0.25, 0.3) is 5.91 Å². The molecule has 0 saturated carbocycles. The number of unbranched alkanes of at least 4 members (excludes halogenated alkanes) is 2. The molecule has 3 N–H and O–H groups in total. The molecule has 1 rings (SSSR count). The lowest BCUT2D eigenvalue weighted by molar-refractivity contribution is 0.0952. The zero-order chi connectivity index (χ0) is 16.0. The number of carbonyl (C=O) groups excluding carboxylic acids is 1.